The summed E-state index contributed by atoms with van der Waals surface area (Å²) in [5.41, 5.74) is 0. The first-order valence-corrected chi connectivity index (χ1v) is 4.38. The molecule has 3 nitrogen and oxygen atoms in total. The molecule has 56 valence electrons. The van der Waals surface area contributed by atoms with E-state index in [1.807, 2.05) is 0 Å². The lowest BCUT2D eigenvalue weighted by Crippen LogP contribution is -2.29. The van der Waals surface area contributed by atoms with Gasteiger partial charge in [0.1, 0.15) is 0 Å². The van der Waals surface area contributed by atoms with Gasteiger partial charge in [0.15, 0.2) is 4.21 Å². The average Bonchev–Trinajstić information content (AvgIpc) is 1.64. The molecule has 0 aromatic heterocycles. The van der Waals surface area contributed by atoms with Crippen LogP contribution >= 0.6 is 23.2 Å². The Morgan fingerprint density at radius 1 is 1.67 bits per heavy atom. The Bertz CT molecular complexity index is 183. The van der Waals surface area contributed by atoms with E-state index in [9.17, 15) is 8.42 Å². The maximum atomic E-state index is 10.2. The van der Waals surface area contributed by atoms with Crippen LogP contribution in [0.5, 0.6) is 0 Å². The minimum absolute atomic E-state index is 0.340. The van der Waals surface area contributed by atoms with Gasteiger partial charge < -0.3 is 0 Å². The molecule has 9 heavy (non-hydrogen) atoms. The van der Waals surface area contributed by atoms with Crippen LogP contribution in [0.1, 0.15) is 6.92 Å². The molecule has 1 N–H and O–H groups in total. The van der Waals surface area contributed by atoms with Crippen LogP contribution in [0.2, 0.25) is 0 Å². The Morgan fingerprint density at radius 3 is 2.00 bits per heavy atom. The van der Waals surface area contributed by atoms with Crippen molar-refractivity contribution < 1.29 is 13.0 Å². The van der Waals surface area contributed by atoms with Crippen LogP contribution in [0.4, 0.5) is 0 Å². The van der Waals surface area contributed by atoms with Gasteiger partial charge in [0, 0.05) is 0 Å². The van der Waals surface area contributed by atoms with E-state index in [0.717, 1.165) is 6.92 Å². The summed E-state index contributed by atoms with van der Waals surface area (Å²) < 4.78 is 27.0. The smallest absolute Gasteiger partial charge is 0.284 e. The molecular weight excluding hydrogens is 187 g/mol. The molecule has 0 fully saturated rings. The largest absolute Gasteiger partial charge is 0.285 e. The predicted molar refractivity (Wildman–Crippen MR) is 36.5 cm³/mol. The van der Waals surface area contributed by atoms with E-state index in [-0.39, 0.29) is 5.88 Å². The molecule has 6 heteroatoms. The molecule has 0 heterocycles. The van der Waals surface area contributed by atoms with Crippen LogP contribution in [0, 0.1) is 0 Å². The van der Waals surface area contributed by atoms with Crippen molar-refractivity contribution in [3.05, 3.63) is 0 Å². The summed E-state index contributed by atoms with van der Waals surface area (Å²) in [5, 5.41) is 0. The second kappa shape index (κ2) is 2.62. The normalized spacial score (nSPS) is 19.1. The molecule has 0 aliphatic rings. The summed E-state index contributed by atoms with van der Waals surface area (Å²) in [6.45, 7) is 1.12. The number of halogens is 2. The monoisotopic (exact) mass is 192 g/mol. The van der Waals surface area contributed by atoms with Crippen LogP contribution in [-0.4, -0.2) is 23.1 Å². The quantitative estimate of drug-likeness (QED) is 0.527. The highest BCUT2D eigenvalue weighted by molar-refractivity contribution is 7.88. The van der Waals surface area contributed by atoms with Crippen molar-refractivity contribution in [2.75, 3.05) is 5.88 Å². The molecule has 0 aliphatic heterocycles. The lowest BCUT2D eigenvalue weighted by molar-refractivity contribution is 0.468. The Kier molecular flexibility index (Phi) is 2.76. The zero-order chi connectivity index (χ0) is 7.71. The zero-order valence-electron chi connectivity index (χ0n) is 4.63. The van der Waals surface area contributed by atoms with Gasteiger partial charge in [-0.05, 0) is 6.92 Å². The highest BCUT2D eigenvalue weighted by atomic mass is 35.5. The minimum atomic E-state index is -4.22. The summed E-state index contributed by atoms with van der Waals surface area (Å²) in [5.74, 6) is -0.340. The number of hydrogen-bond acceptors (Lipinski definition) is 2. The molecule has 0 saturated heterocycles. The summed E-state index contributed by atoms with van der Waals surface area (Å²) >= 11 is 10.3. The van der Waals surface area contributed by atoms with Crippen molar-refractivity contribution in [3.63, 3.8) is 0 Å². The van der Waals surface area contributed by atoms with E-state index in [1.54, 1.807) is 0 Å². The predicted octanol–water partition coefficient (Wildman–Crippen LogP) is 1.07. The summed E-state index contributed by atoms with van der Waals surface area (Å²) in [7, 11) is -4.22. The number of alkyl halides is 2. The fraction of sp³-hybridized carbons (Fsp3) is 1.00. The topological polar surface area (TPSA) is 54.4 Å². The van der Waals surface area contributed by atoms with E-state index >= 15 is 0 Å². The third-order valence-corrected chi connectivity index (χ3v) is 3.54. The molecule has 0 bridgehead atoms. The van der Waals surface area contributed by atoms with Crippen LogP contribution in [0.25, 0.3) is 0 Å². The first kappa shape index (κ1) is 9.49. The van der Waals surface area contributed by atoms with Crippen LogP contribution < -0.4 is 0 Å². The molecular formula is C3H6Cl2O3S. The molecule has 1 unspecified atom stereocenters. The fourth-order valence-corrected chi connectivity index (χ4v) is 0.620. The molecule has 0 spiro atoms. The van der Waals surface area contributed by atoms with Gasteiger partial charge in [-0.1, -0.05) is 11.6 Å². The molecule has 0 aromatic carbocycles. The first-order valence-electron chi connectivity index (χ1n) is 2.03. The van der Waals surface area contributed by atoms with Gasteiger partial charge in [0.25, 0.3) is 10.1 Å². The zero-order valence-corrected chi connectivity index (χ0v) is 6.96. The lowest BCUT2D eigenvalue weighted by atomic mass is 10.5. The lowest BCUT2D eigenvalue weighted by Gasteiger charge is -2.12. The Morgan fingerprint density at radius 2 is 2.00 bits per heavy atom. The van der Waals surface area contributed by atoms with Crippen molar-refractivity contribution in [1.29, 1.82) is 0 Å². The molecule has 0 aromatic rings. The van der Waals surface area contributed by atoms with Crippen LogP contribution in [0.3, 0.4) is 0 Å². The maximum Gasteiger partial charge on any atom is 0.285 e. The summed E-state index contributed by atoms with van der Waals surface area (Å²) in [6.07, 6.45) is 0. The molecule has 0 radical (unpaired) electrons. The number of rotatable bonds is 2. The third-order valence-electron chi connectivity index (χ3n) is 0.777. The van der Waals surface area contributed by atoms with E-state index in [4.69, 9.17) is 27.8 Å². The Labute approximate surface area is 63.7 Å². The molecule has 0 saturated carbocycles. The molecule has 0 aliphatic carbocycles. The van der Waals surface area contributed by atoms with Gasteiger partial charge >= 0.3 is 0 Å². The van der Waals surface area contributed by atoms with Crippen molar-refractivity contribution in [2.45, 2.75) is 11.1 Å². The second-order valence-corrected chi connectivity index (χ2v) is 4.89. The summed E-state index contributed by atoms with van der Waals surface area (Å²) in [6, 6.07) is 0. The van der Waals surface area contributed by atoms with Crippen molar-refractivity contribution >= 4 is 33.3 Å². The Balaban J connectivity index is 4.56. The maximum absolute atomic E-state index is 10.2. The Hall–Kier alpha value is 0.490. The number of hydrogen-bond donors (Lipinski definition) is 1. The SMILES string of the molecule is CC(Cl)(CCl)S(=O)(=O)O. The van der Waals surface area contributed by atoms with Gasteiger partial charge in [-0.2, -0.15) is 8.42 Å². The molecule has 1 atom stereocenters. The first-order chi connectivity index (χ1) is 3.81. The highest BCUT2D eigenvalue weighted by Gasteiger charge is 2.34. The second-order valence-electron chi connectivity index (χ2n) is 1.71. The summed E-state index contributed by atoms with van der Waals surface area (Å²) in [4.78, 5) is 0. The van der Waals surface area contributed by atoms with Gasteiger partial charge in [0.2, 0.25) is 0 Å². The van der Waals surface area contributed by atoms with Crippen molar-refractivity contribution in [2.24, 2.45) is 0 Å². The fourth-order valence-electron chi connectivity index (χ4n) is 0.0689. The van der Waals surface area contributed by atoms with Gasteiger partial charge in [-0.15, -0.1) is 11.6 Å². The standard InChI is InChI=1S/C3H6Cl2O3S/c1-3(5,2-4)9(6,7)8/h2H2,1H3,(H,6,7,8). The van der Waals surface area contributed by atoms with Gasteiger partial charge in [-0.25, -0.2) is 0 Å². The van der Waals surface area contributed by atoms with Crippen LogP contribution in [-0.2, 0) is 10.1 Å². The van der Waals surface area contributed by atoms with E-state index in [2.05, 4.69) is 0 Å². The minimum Gasteiger partial charge on any atom is -0.284 e. The van der Waals surface area contributed by atoms with Crippen molar-refractivity contribution in [1.82, 2.24) is 0 Å². The van der Waals surface area contributed by atoms with E-state index < -0.39 is 14.3 Å². The molecule has 0 rings (SSSR count). The van der Waals surface area contributed by atoms with Gasteiger partial charge in [-0.3, -0.25) is 4.55 Å². The van der Waals surface area contributed by atoms with Crippen molar-refractivity contribution in [3.8, 4) is 0 Å². The van der Waals surface area contributed by atoms with Gasteiger partial charge in [0.05, 0.1) is 5.88 Å². The van der Waals surface area contributed by atoms with E-state index in [0.29, 0.717) is 0 Å². The van der Waals surface area contributed by atoms with Crippen LogP contribution in [0.15, 0.2) is 0 Å². The molecule has 0 amide bonds. The third kappa shape index (κ3) is 2.29. The average molecular weight is 193 g/mol. The van der Waals surface area contributed by atoms with E-state index in [1.165, 1.54) is 0 Å². The highest BCUT2D eigenvalue weighted by Crippen LogP contribution is 2.21.